The largest absolute Gasteiger partial charge is 0.455 e. The third kappa shape index (κ3) is 4.84. The van der Waals surface area contributed by atoms with E-state index in [0.717, 1.165) is 6.26 Å². The number of rotatable bonds is 5. The van der Waals surface area contributed by atoms with Crippen molar-refractivity contribution >= 4 is 44.6 Å². The van der Waals surface area contributed by atoms with E-state index in [9.17, 15) is 13.2 Å². The quantitative estimate of drug-likeness (QED) is 0.578. The number of nitrogens with one attached hydrogen (secondary N) is 1. The molecule has 28 heavy (non-hydrogen) atoms. The van der Waals surface area contributed by atoms with Crippen molar-refractivity contribution in [1.29, 1.82) is 0 Å². The fourth-order valence-electron chi connectivity index (χ4n) is 2.43. The van der Waals surface area contributed by atoms with E-state index in [1.807, 2.05) is 18.2 Å². The number of hydrogen-bond donors (Lipinski definition) is 1. The van der Waals surface area contributed by atoms with E-state index in [0.29, 0.717) is 22.2 Å². The Hall–Kier alpha value is -2.54. The lowest BCUT2D eigenvalue weighted by Crippen LogP contribution is -2.13. The van der Waals surface area contributed by atoms with Crippen LogP contribution in [0.5, 0.6) is 11.5 Å². The highest BCUT2D eigenvalue weighted by atomic mass is 35.5. The molecular formula is C20H15Cl2NO4S. The minimum absolute atomic E-state index is 0.0508. The molecule has 0 aliphatic carbocycles. The Kier molecular flexibility index (Phi) is 5.93. The highest BCUT2D eigenvalue weighted by Crippen LogP contribution is 2.32. The molecule has 0 saturated carbocycles. The van der Waals surface area contributed by atoms with Crippen molar-refractivity contribution in [1.82, 2.24) is 0 Å². The summed E-state index contributed by atoms with van der Waals surface area (Å²) in [5, 5.41) is 3.16. The smallest absolute Gasteiger partial charge is 0.255 e. The molecule has 0 bridgehead atoms. The van der Waals surface area contributed by atoms with Gasteiger partial charge >= 0.3 is 0 Å². The summed E-state index contributed by atoms with van der Waals surface area (Å²) < 4.78 is 29.5. The van der Waals surface area contributed by atoms with Gasteiger partial charge in [-0.2, -0.15) is 0 Å². The number of amides is 1. The van der Waals surface area contributed by atoms with E-state index >= 15 is 0 Å². The first-order valence-corrected chi connectivity index (χ1v) is 10.7. The highest BCUT2D eigenvalue weighted by Gasteiger charge is 2.17. The monoisotopic (exact) mass is 435 g/mol. The summed E-state index contributed by atoms with van der Waals surface area (Å²) in [7, 11) is -3.58. The molecule has 0 spiro atoms. The van der Waals surface area contributed by atoms with Gasteiger partial charge in [0.2, 0.25) is 0 Å². The Labute approximate surface area is 172 Å². The van der Waals surface area contributed by atoms with Crippen molar-refractivity contribution in [2.75, 3.05) is 11.6 Å². The molecule has 1 N–H and O–H groups in total. The van der Waals surface area contributed by atoms with E-state index in [-0.39, 0.29) is 15.5 Å². The van der Waals surface area contributed by atoms with Crippen molar-refractivity contribution < 1.29 is 17.9 Å². The first kappa shape index (κ1) is 20.2. The molecule has 0 aromatic heterocycles. The number of sulfone groups is 1. The van der Waals surface area contributed by atoms with Gasteiger partial charge in [-0.05, 0) is 48.5 Å². The van der Waals surface area contributed by atoms with Crippen molar-refractivity contribution in [3.8, 4) is 11.5 Å². The van der Waals surface area contributed by atoms with Crippen LogP contribution in [0.2, 0.25) is 10.0 Å². The summed E-state index contributed by atoms with van der Waals surface area (Å²) in [6.45, 7) is 0. The molecule has 0 aliphatic heterocycles. The van der Waals surface area contributed by atoms with Gasteiger partial charge in [-0.3, -0.25) is 4.79 Å². The second kappa shape index (κ2) is 8.22. The molecule has 0 unspecified atom stereocenters. The van der Waals surface area contributed by atoms with Crippen LogP contribution in [0.3, 0.4) is 0 Å². The van der Waals surface area contributed by atoms with Crippen molar-refractivity contribution in [2.45, 2.75) is 4.90 Å². The summed E-state index contributed by atoms with van der Waals surface area (Å²) in [5.41, 5.74) is 0.479. The van der Waals surface area contributed by atoms with Gasteiger partial charge in [0.25, 0.3) is 5.91 Å². The summed E-state index contributed by atoms with van der Waals surface area (Å²) in [6, 6.07) is 17.9. The molecule has 0 atom stereocenters. The first-order chi connectivity index (χ1) is 13.2. The summed E-state index contributed by atoms with van der Waals surface area (Å²) in [4.78, 5) is 12.6. The summed E-state index contributed by atoms with van der Waals surface area (Å²) in [6.07, 6.45) is 1.03. The lowest BCUT2D eigenvalue weighted by molar-refractivity contribution is 0.102. The molecule has 0 heterocycles. The zero-order valence-corrected chi connectivity index (χ0v) is 17.0. The van der Waals surface area contributed by atoms with Crippen LogP contribution in [0.15, 0.2) is 71.6 Å². The van der Waals surface area contributed by atoms with Crippen LogP contribution in [0, 0.1) is 0 Å². The minimum atomic E-state index is -3.58. The standard InChI is InChI=1S/C20H15Cl2NO4S/c1-28(25,26)19-11-13(7-9-16(19)22)20(24)23-17-12-14(21)8-10-18(17)27-15-5-3-2-4-6-15/h2-12H,1H3,(H,23,24). The lowest BCUT2D eigenvalue weighted by Gasteiger charge is -2.13. The molecule has 144 valence electrons. The molecule has 0 fully saturated rings. The number of carbonyl (C=O) groups is 1. The third-order valence-corrected chi connectivity index (χ3v) is 5.57. The predicted octanol–water partition coefficient (Wildman–Crippen LogP) is 5.44. The Morgan fingerprint density at radius 1 is 0.964 bits per heavy atom. The van der Waals surface area contributed by atoms with Crippen LogP contribution in [0.4, 0.5) is 5.69 Å². The maximum absolute atomic E-state index is 12.7. The topological polar surface area (TPSA) is 72.5 Å². The summed E-state index contributed by atoms with van der Waals surface area (Å²) >= 11 is 12.0. The highest BCUT2D eigenvalue weighted by molar-refractivity contribution is 7.90. The molecule has 3 rings (SSSR count). The minimum Gasteiger partial charge on any atom is -0.455 e. The van der Waals surface area contributed by atoms with Crippen LogP contribution >= 0.6 is 23.2 Å². The van der Waals surface area contributed by atoms with Gasteiger partial charge < -0.3 is 10.1 Å². The Morgan fingerprint density at radius 2 is 1.68 bits per heavy atom. The normalized spacial score (nSPS) is 11.1. The number of benzene rings is 3. The maximum Gasteiger partial charge on any atom is 0.255 e. The van der Waals surface area contributed by atoms with Gasteiger partial charge in [0.05, 0.1) is 15.6 Å². The van der Waals surface area contributed by atoms with Crippen LogP contribution in [0.25, 0.3) is 0 Å². The van der Waals surface area contributed by atoms with Gasteiger partial charge in [0.15, 0.2) is 15.6 Å². The number of anilines is 1. The van der Waals surface area contributed by atoms with Crippen molar-refractivity contribution in [3.05, 3.63) is 82.3 Å². The molecule has 0 aliphatic rings. The van der Waals surface area contributed by atoms with E-state index < -0.39 is 15.7 Å². The number of ether oxygens (including phenoxy) is 1. The first-order valence-electron chi connectivity index (χ1n) is 8.07. The lowest BCUT2D eigenvalue weighted by atomic mass is 10.2. The predicted molar refractivity (Wildman–Crippen MR) is 110 cm³/mol. The van der Waals surface area contributed by atoms with Crippen LogP contribution in [-0.4, -0.2) is 20.6 Å². The fourth-order valence-corrected chi connectivity index (χ4v) is 3.90. The van der Waals surface area contributed by atoms with Crippen LogP contribution < -0.4 is 10.1 Å². The maximum atomic E-state index is 12.7. The second-order valence-corrected chi connectivity index (χ2v) is 8.75. The van der Waals surface area contributed by atoms with Gasteiger partial charge in [-0.25, -0.2) is 8.42 Å². The van der Waals surface area contributed by atoms with Crippen LogP contribution in [0.1, 0.15) is 10.4 Å². The molecule has 5 nitrogen and oxygen atoms in total. The molecule has 3 aromatic carbocycles. The number of hydrogen-bond acceptors (Lipinski definition) is 4. The zero-order chi connectivity index (χ0) is 20.3. The SMILES string of the molecule is CS(=O)(=O)c1cc(C(=O)Nc2cc(Cl)ccc2Oc2ccccc2)ccc1Cl. The number of para-hydroxylation sites is 1. The fraction of sp³-hybridized carbons (Fsp3) is 0.0500. The van der Waals surface area contributed by atoms with Crippen LogP contribution in [-0.2, 0) is 9.84 Å². The van der Waals surface area contributed by atoms with Gasteiger partial charge in [0, 0.05) is 16.8 Å². The van der Waals surface area contributed by atoms with E-state index in [1.165, 1.54) is 18.2 Å². The zero-order valence-electron chi connectivity index (χ0n) is 14.6. The average Bonchev–Trinajstić information content (AvgIpc) is 2.64. The molecular weight excluding hydrogens is 421 g/mol. The molecule has 0 radical (unpaired) electrons. The molecule has 8 heteroatoms. The number of halogens is 2. The second-order valence-electron chi connectivity index (χ2n) is 5.93. The summed E-state index contributed by atoms with van der Waals surface area (Å²) in [5.74, 6) is 0.453. The number of carbonyl (C=O) groups excluding carboxylic acids is 1. The van der Waals surface area contributed by atoms with Crippen molar-refractivity contribution in [2.24, 2.45) is 0 Å². The Balaban J connectivity index is 1.91. The Bertz CT molecular complexity index is 1130. The van der Waals surface area contributed by atoms with Crippen molar-refractivity contribution in [3.63, 3.8) is 0 Å². The van der Waals surface area contributed by atoms with Gasteiger partial charge in [0.1, 0.15) is 5.75 Å². The third-order valence-electron chi connectivity index (χ3n) is 3.75. The molecule has 1 amide bonds. The van der Waals surface area contributed by atoms with E-state index in [1.54, 1.807) is 30.3 Å². The average molecular weight is 436 g/mol. The Morgan fingerprint density at radius 3 is 2.36 bits per heavy atom. The van der Waals surface area contributed by atoms with E-state index in [2.05, 4.69) is 5.32 Å². The van der Waals surface area contributed by atoms with Gasteiger partial charge in [-0.15, -0.1) is 0 Å². The van der Waals surface area contributed by atoms with E-state index in [4.69, 9.17) is 27.9 Å². The molecule has 3 aromatic rings. The molecule has 0 saturated heterocycles. The van der Waals surface area contributed by atoms with Gasteiger partial charge in [-0.1, -0.05) is 41.4 Å².